The van der Waals surface area contributed by atoms with Crippen molar-refractivity contribution in [2.45, 2.75) is 91.0 Å². The topological polar surface area (TPSA) is 12.0 Å². The molecule has 0 spiro atoms. The van der Waals surface area contributed by atoms with E-state index in [2.05, 4.69) is 50.4 Å². The molecule has 0 saturated heterocycles. The van der Waals surface area contributed by atoms with Crippen molar-refractivity contribution in [3.8, 4) is 0 Å². The van der Waals surface area contributed by atoms with Gasteiger partial charge in [-0.05, 0) is 43.9 Å². The van der Waals surface area contributed by atoms with Crippen LogP contribution in [0.15, 0.2) is 24.3 Å². The summed E-state index contributed by atoms with van der Waals surface area (Å²) in [4.78, 5) is 0. The van der Waals surface area contributed by atoms with Gasteiger partial charge in [0.05, 0.1) is 0 Å². The van der Waals surface area contributed by atoms with Crippen LogP contribution in [0.4, 0.5) is 5.69 Å². The summed E-state index contributed by atoms with van der Waals surface area (Å²) < 4.78 is 0. The van der Waals surface area contributed by atoms with Crippen molar-refractivity contribution in [3.63, 3.8) is 0 Å². The Hall–Kier alpha value is -0.980. The summed E-state index contributed by atoms with van der Waals surface area (Å²) in [6.45, 7) is 6.84. The van der Waals surface area contributed by atoms with E-state index in [4.69, 9.17) is 0 Å². The van der Waals surface area contributed by atoms with Gasteiger partial charge >= 0.3 is 0 Å². The number of unbranched alkanes of at least 4 members (excludes halogenated alkanes) is 6. The highest BCUT2D eigenvalue weighted by atomic mass is 14.9. The molecule has 1 aromatic rings. The molecule has 0 aromatic heterocycles. The van der Waals surface area contributed by atoms with E-state index < -0.39 is 0 Å². The molecule has 0 aliphatic carbocycles. The number of anilines is 1. The van der Waals surface area contributed by atoms with E-state index in [1.807, 2.05) is 0 Å². The molecule has 1 nitrogen and oxygen atoms in total. The molecule has 1 unspecified atom stereocenters. The monoisotopic (exact) mass is 289 g/mol. The van der Waals surface area contributed by atoms with Gasteiger partial charge in [-0.15, -0.1) is 0 Å². The molecule has 0 aliphatic rings. The summed E-state index contributed by atoms with van der Waals surface area (Å²) in [5.74, 6) is 0. The fraction of sp³-hybridized carbons (Fsp3) is 0.700. The SMILES string of the molecule is CCCCCCCC(C)Nc1ccc(CCCCC)cc1. The highest BCUT2D eigenvalue weighted by Crippen LogP contribution is 2.15. The standard InChI is InChI=1S/C20H35N/c1-4-6-8-9-11-12-18(3)21-20-16-14-19(15-17-20)13-10-7-5-2/h14-18,21H,4-13H2,1-3H3. The lowest BCUT2D eigenvalue weighted by Crippen LogP contribution is -2.14. The molecule has 21 heavy (non-hydrogen) atoms. The molecule has 1 atom stereocenters. The molecule has 1 N–H and O–H groups in total. The summed E-state index contributed by atoms with van der Waals surface area (Å²) in [5.41, 5.74) is 2.75. The first-order chi connectivity index (χ1) is 10.3. The van der Waals surface area contributed by atoms with E-state index in [0.29, 0.717) is 6.04 Å². The lowest BCUT2D eigenvalue weighted by atomic mass is 10.1. The predicted molar refractivity (Wildman–Crippen MR) is 96.1 cm³/mol. The van der Waals surface area contributed by atoms with Crippen LogP contribution >= 0.6 is 0 Å². The minimum Gasteiger partial charge on any atom is -0.383 e. The lowest BCUT2D eigenvalue weighted by molar-refractivity contribution is 0.578. The molecule has 0 aliphatic heterocycles. The fourth-order valence-corrected chi connectivity index (χ4v) is 2.76. The Kier molecular flexibility index (Phi) is 10.0. The van der Waals surface area contributed by atoms with Gasteiger partial charge in [-0.25, -0.2) is 0 Å². The predicted octanol–water partition coefficient (Wildman–Crippen LogP) is 6.58. The first-order valence-corrected chi connectivity index (χ1v) is 9.11. The lowest BCUT2D eigenvalue weighted by Gasteiger charge is -2.15. The fourth-order valence-electron chi connectivity index (χ4n) is 2.76. The van der Waals surface area contributed by atoms with Gasteiger partial charge in [-0.3, -0.25) is 0 Å². The molecule has 1 rings (SSSR count). The number of hydrogen-bond donors (Lipinski definition) is 1. The van der Waals surface area contributed by atoms with Crippen LogP contribution in [0.1, 0.15) is 84.1 Å². The third-order valence-electron chi connectivity index (χ3n) is 4.18. The highest BCUT2D eigenvalue weighted by Gasteiger charge is 2.02. The number of aryl methyl sites for hydroxylation is 1. The van der Waals surface area contributed by atoms with Crippen molar-refractivity contribution in [1.82, 2.24) is 0 Å². The molecule has 0 heterocycles. The summed E-state index contributed by atoms with van der Waals surface area (Å²) in [6.07, 6.45) is 13.3. The maximum atomic E-state index is 3.63. The maximum Gasteiger partial charge on any atom is 0.0342 e. The average molecular weight is 290 g/mol. The van der Waals surface area contributed by atoms with Gasteiger partial charge in [-0.1, -0.05) is 70.9 Å². The molecular weight excluding hydrogens is 254 g/mol. The molecule has 0 amide bonds. The number of rotatable bonds is 12. The number of benzene rings is 1. The van der Waals surface area contributed by atoms with Gasteiger partial charge in [0.1, 0.15) is 0 Å². The Morgan fingerprint density at radius 1 is 0.810 bits per heavy atom. The zero-order valence-corrected chi connectivity index (χ0v) is 14.5. The second-order valence-electron chi connectivity index (χ2n) is 6.40. The summed E-state index contributed by atoms with van der Waals surface area (Å²) >= 11 is 0. The van der Waals surface area contributed by atoms with Crippen LogP contribution in [-0.4, -0.2) is 6.04 Å². The van der Waals surface area contributed by atoms with Gasteiger partial charge in [0.15, 0.2) is 0 Å². The smallest absolute Gasteiger partial charge is 0.0342 e. The Balaban J connectivity index is 2.21. The van der Waals surface area contributed by atoms with Crippen molar-refractivity contribution in [2.75, 3.05) is 5.32 Å². The highest BCUT2D eigenvalue weighted by molar-refractivity contribution is 5.45. The molecule has 0 fully saturated rings. The minimum atomic E-state index is 0.581. The first-order valence-electron chi connectivity index (χ1n) is 9.11. The van der Waals surface area contributed by atoms with E-state index in [1.165, 1.54) is 75.5 Å². The quantitative estimate of drug-likeness (QED) is 0.428. The number of hydrogen-bond acceptors (Lipinski definition) is 1. The molecule has 1 aromatic carbocycles. The van der Waals surface area contributed by atoms with Crippen molar-refractivity contribution in [2.24, 2.45) is 0 Å². The molecule has 0 radical (unpaired) electrons. The van der Waals surface area contributed by atoms with Crippen LogP contribution in [0.25, 0.3) is 0 Å². The van der Waals surface area contributed by atoms with Crippen LogP contribution in [0.3, 0.4) is 0 Å². The molecular formula is C20H35N. The van der Waals surface area contributed by atoms with Crippen LogP contribution in [-0.2, 0) is 6.42 Å². The zero-order valence-electron chi connectivity index (χ0n) is 14.5. The second-order valence-corrected chi connectivity index (χ2v) is 6.40. The number of nitrogens with one attached hydrogen (secondary N) is 1. The molecule has 0 saturated carbocycles. The van der Waals surface area contributed by atoms with Crippen LogP contribution in [0.5, 0.6) is 0 Å². The van der Waals surface area contributed by atoms with Crippen LogP contribution < -0.4 is 5.32 Å². The van der Waals surface area contributed by atoms with Crippen LogP contribution in [0.2, 0.25) is 0 Å². The second kappa shape index (κ2) is 11.7. The van der Waals surface area contributed by atoms with Gasteiger partial charge in [0.2, 0.25) is 0 Å². The van der Waals surface area contributed by atoms with Gasteiger partial charge in [0.25, 0.3) is 0 Å². The zero-order chi connectivity index (χ0) is 15.3. The van der Waals surface area contributed by atoms with Gasteiger partial charge < -0.3 is 5.32 Å². The summed E-state index contributed by atoms with van der Waals surface area (Å²) in [6, 6.07) is 9.64. The van der Waals surface area contributed by atoms with Gasteiger partial charge in [0, 0.05) is 11.7 Å². The Morgan fingerprint density at radius 3 is 2.10 bits per heavy atom. The Morgan fingerprint density at radius 2 is 1.43 bits per heavy atom. The van der Waals surface area contributed by atoms with E-state index >= 15 is 0 Å². The summed E-state index contributed by atoms with van der Waals surface area (Å²) in [5, 5.41) is 3.63. The molecule has 1 heteroatoms. The first kappa shape index (κ1) is 18.1. The Bertz CT molecular complexity index is 341. The normalized spacial score (nSPS) is 12.3. The van der Waals surface area contributed by atoms with Crippen molar-refractivity contribution in [3.05, 3.63) is 29.8 Å². The van der Waals surface area contributed by atoms with Crippen molar-refractivity contribution < 1.29 is 0 Å². The van der Waals surface area contributed by atoms with Crippen molar-refractivity contribution in [1.29, 1.82) is 0 Å². The van der Waals surface area contributed by atoms with E-state index in [0.717, 1.165) is 0 Å². The maximum absolute atomic E-state index is 3.63. The van der Waals surface area contributed by atoms with E-state index in [-0.39, 0.29) is 0 Å². The third kappa shape index (κ3) is 8.80. The largest absolute Gasteiger partial charge is 0.383 e. The van der Waals surface area contributed by atoms with E-state index in [9.17, 15) is 0 Å². The van der Waals surface area contributed by atoms with E-state index in [1.54, 1.807) is 0 Å². The average Bonchev–Trinajstić information content (AvgIpc) is 2.49. The van der Waals surface area contributed by atoms with Crippen LogP contribution in [0, 0.1) is 0 Å². The minimum absolute atomic E-state index is 0.581. The third-order valence-corrected chi connectivity index (χ3v) is 4.18. The van der Waals surface area contributed by atoms with Gasteiger partial charge in [-0.2, -0.15) is 0 Å². The summed E-state index contributed by atoms with van der Waals surface area (Å²) in [7, 11) is 0. The van der Waals surface area contributed by atoms with Crippen molar-refractivity contribution >= 4 is 5.69 Å². The Labute approximate surface area is 132 Å². The molecule has 0 bridgehead atoms. The molecule has 120 valence electrons.